The van der Waals surface area contributed by atoms with Gasteiger partial charge in [0, 0.05) is 13.1 Å². The fourth-order valence-electron chi connectivity index (χ4n) is 3.91. The van der Waals surface area contributed by atoms with Crippen LogP contribution in [0.1, 0.15) is 37.3 Å². The molecule has 0 unspecified atom stereocenters. The second kappa shape index (κ2) is 7.39. The minimum atomic E-state index is -0.226. The number of aryl methyl sites for hydroxylation is 1. The van der Waals surface area contributed by atoms with E-state index in [0.29, 0.717) is 17.0 Å². The first kappa shape index (κ1) is 17.5. The van der Waals surface area contributed by atoms with Gasteiger partial charge in [-0.25, -0.2) is 4.90 Å². The van der Waals surface area contributed by atoms with Crippen molar-refractivity contribution >= 4 is 23.1 Å². The fourth-order valence-corrected chi connectivity index (χ4v) is 3.91. The Balaban J connectivity index is 1.78. The van der Waals surface area contributed by atoms with Gasteiger partial charge in [-0.2, -0.15) is 0 Å². The first-order chi connectivity index (χ1) is 13.2. The maximum Gasteiger partial charge on any atom is 0.282 e. The third-order valence-corrected chi connectivity index (χ3v) is 5.40. The predicted molar refractivity (Wildman–Crippen MR) is 107 cm³/mol. The lowest BCUT2D eigenvalue weighted by molar-refractivity contribution is -0.120. The van der Waals surface area contributed by atoms with Crippen molar-refractivity contribution in [1.82, 2.24) is 4.90 Å². The molecule has 2 aromatic carbocycles. The fraction of sp³-hybridized carbons (Fsp3) is 0.304. The summed E-state index contributed by atoms with van der Waals surface area (Å²) in [5, 5.41) is 0. The van der Waals surface area contributed by atoms with E-state index in [9.17, 15) is 9.59 Å². The Labute approximate surface area is 160 Å². The number of rotatable bonds is 4. The number of likely N-dealkylation sites (tertiary alicyclic amines) is 1. The maximum atomic E-state index is 13.4. The highest BCUT2D eigenvalue weighted by molar-refractivity contribution is 6.45. The Morgan fingerprint density at radius 3 is 2.11 bits per heavy atom. The lowest BCUT2D eigenvalue weighted by Gasteiger charge is -2.29. The van der Waals surface area contributed by atoms with Gasteiger partial charge in [0.25, 0.3) is 11.8 Å². The highest BCUT2D eigenvalue weighted by atomic mass is 16.2. The van der Waals surface area contributed by atoms with Crippen LogP contribution in [0.4, 0.5) is 5.69 Å². The summed E-state index contributed by atoms with van der Waals surface area (Å²) in [6.45, 7) is 3.74. The summed E-state index contributed by atoms with van der Waals surface area (Å²) in [6.07, 6.45) is 4.21. The van der Waals surface area contributed by atoms with Crippen molar-refractivity contribution in [2.75, 3.05) is 18.0 Å². The molecular weight excluding hydrogens is 336 g/mol. The summed E-state index contributed by atoms with van der Waals surface area (Å²) >= 11 is 0. The molecule has 2 aromatic rings. The molecule has 2 aliphatic heterocycles. The van der Waals surface area contributed by atoms with Gasteiger partial charge >= 0.3 is 0 Å². The Kier molecular flexibility index (Phi) is 4.80. The zero-order chi connectivity index (χ0) is 18.8. The molecule has 4 heteroatoms. The zero-order valence-electron chi connectivity index (χ0n) is 15.6. The Hall–Kier alpha value is -2.88. The monoisotopic (exact) mass is 360 g/mol. The first-order valence-electron chi connectivity index (χ1n) is 9.73. The van der Waals surface area contributed by atoms with E-state index in [4.69, 9.17) is 0 Å². The van der Waals surface area contributed by atoms with E-state index in [1.807, 2.05) is 54.6 Å². The molecular formula is C23H24N2O2. The van der Waals surface area contributed by atoms with Crippen LogP contribution < -0.4 is 4.90 Å². The largest absolute Gasteiger partial charge is 0.366 e. The molecule has 0 bridgehead atoms. The lowest BCUT2D eigenvalue weighted by atomic mass is 10.0. The van der Waals surface area contributed by atoms with Crippen LogP contribution in [0.15, 0.2) is 60.3 Å². The Bertz CT molecular complexity index is 878. The zero-order valence-corrected chi connectivity index (χ0v) is 15.6. The van der Waals surface area contributed by atoms with E-state index in [2.05, 4.69) is 11.8 Å². The molecule has 0 spiro atoms. The van der Waals surface area contributed by atoms with Crippen LogP contribution in [-0.2, 0) is 16.0 Å². The number of nitrogens with zero attached hydrogens (tertiary/aromatic N) is 2. The van der Waals surface area contributed by atoms with E-state index in [1.54, 1.807) is 0 Å². The van der Waals surface area contributed by atoms with Crippen LogP contribution in [0.5, 0.6) is 0 Å². The Morgan fingerprint density at radius 2 is 1.48 bits per heavy atom. The third kappa shape index (κ3) is 3.16. The number of anilines is 1. The average molecular weight is 360 g/mol. The summed E-state index contributed by atoms with van der Waals surface area (Å²) < 4.78 is 0. The van der Waals surface area contributed by atoms with Crippen molar-refractivity contribution in [3.05, 3.63) is 71.4 Å². The van der Waals surface area contributed by atoms with Crippen molar-refractivity contribution in [3.8, 4) is 0 Å². The van der Waals surface area contributed by atoms with Gasteiger partial charge in [0.2, 0.25) is 0 Å². The number of piperidine rings is 1. The number of hydrogen-bond acceptors (Lipinski definition) is 3. The number of amides is 2. The van der Waals surface area contributed by atoms with Crippen LogP contribution in [0.2, 0.25) is 0 Å². The molecule has 4 nitrogen and oxygen atoms in total. The number of imide groups is 1. The third-order valence-electron chi connectivity index (χ3n) is 5.40. The summed E-state index contributed by atoms with van der Waals surface area (Å²) in [6, 6.07) is 17.3. The van der Waals surface area contributed by atoms with Gasteiger partial charge < -0.3 is 4.90 Å². The van der Waals surface area contributed by atoms with Gasteiger partial charge in [0.15, 0.2) is 0 Å². The van der Waals surface area contributed by atoms with Crippen molar-refractivity contribution in [3.63, 3.8) is 0 Å². The minimum absolute atomic E-state index is 0.204. The smallest absolute Gasteiger partial charge is 0.282 e. The van der Waals surface area contributed by atoms with Gasteiger partial charge in [-0.1, -0.05) is 49.4 Å². The first-order valence-corrected chi connectivity index (χ1v) is 9.73. The number of carbonyl (C=O) groups excluding carboxylic acids is 2. The van der Waals surface area contributed by atoms with Crippen LogP contribution in [-0.4, -0.2) is 29.8 Å². The molecule has 2 amide bonds. The summed E-state index contributed by atoms with van der Waals surface area (Å²) in [7, 11) is 0. The molecule has 0 saturated carbocycles. The lowest BCUT2D eigenvalue weighted by Crippen LogP contribution is -2.37. The van der Waals surface area contributed by atoms with Crippen molar-refractivity contribution in [1.29, 1.82) is 0 Å². The molecule has 2 heterocycles. The Morgan fingerprint density at radius 1 is 0.815 bits per heavy atom. The van der Waals surface area contributed by atoms with Gasteiger partial charge in [-0.15, -0.1) is 0 Å². The van der Waals surface area contributed by atoms with Gasteiger partial charge in [0.1, 0.15) is 5.70 Å². The average Bonchev–Trinajstić information content (AvgIpc) is 2.99. The molecule has 1 fully saturated rings. The maximum absolute atomic E-state index is 13.4. The molecule has 0 atom stereocenters. The number of benzene rings is 2. The molecule has 2 aliphatic rings. The van der Waals surface area contributed by atoms with E-state index in [-0.39, 0.29) is 11.8 Å². The molecule has 0 N–H and O–H groups in total. The standard InChI is InChI=1S/C23H24N2O2/c1-2-17-11-13-19(14-12-17)25-22(26)20(18-9-5-3-6-10-18)21(23(25)27)24-15-7-4-8-16-24/h3,5-6,9-14H,2,4,7-8,15-16H2,1H3. The van der Waals surface area contributed by atoms with Crippen molar-refractivity contribution in [2.24, 2.45) is 0 Å². The van der Waals surface area contributed by atoms with Crippen molar-refractivity contribution < 1.29 is 9.59 Å². The highest BCUT2D eigenvalue weighted by Crippen LogP contribution is 2.35. The highest BCUT2D eigenvalue weighted by Gasteiger charge is 2.42. The molecule has 4 rings (SSSR count). The van der Waals surface area contributed by atoms with Crippen LogP contribution >= 0.6 is 0 Å². The summed E-state index contributed by atoms with van der Waals surface area (Å²) in [4.78, 5) is 30.1. The second-order valence-electron chi connectivity index (χ2n) is 7.10. The minimum Gasteiger partial charge on any atom is -0.366 e. The van der Waals surface area contributed by atoms with Crippen LogP contribution in [0.3, 0.4) is 0 Å². The molecule has 0 aliphatic carbocycles. The second-order valence-corrected chi connectivity index (χ2v) is 7.10. The molecule has 0 radical (unpaired) electrons. The van der Waals surface area contributed by atoms with Crippen LogP contribution in [0, 0.1) is 0 Å². The van der Waals surface area contributed by atoms with Gasteiger partial charge in [-0.3, -0.25) is 9.59 Å². The SMILES string of the molecule is CCc1ccc(N2C(=O)C(c3ccccc3)=C(N3CCCCC3)C2=O)cc1. The quantitative estimate of drug-likeness (QED) is 0.773. The normalized spacial score (nSPS) is 17.8. The van der Waals surface area contributed by atoms with Gasteiger partial charge in [-0.05, 0) is 48.9 Å². The topological polar surface area (TPSA) is 40.6 Å². The molecule has 1 saturated heterocycles. The number of carbonyl (C=O) groups is 2. The molecule has 27 heavy (non-hydrogen) atoms. The van der Waals surface area contributed by atoms with Crippen LogP contribution in [0.25, 0.3) is 5.57 Å². The van der Waals surface area contributed by atoms with E-state index >= 15 is 0 Å². The summed E-state index contributed by atoms with van der Waals surface area (Å²) in [5.41, 5.74) is 3.73. The van der Waals surface area contributed by atoms with Crippen molar-refractivity contribution in [2.45, 2.75) is 32.6 Å². The van der Waals surface area contributed by atoms with E-state index < -0.39 is 0 Å². The molecule has 0 aromatic heterocycles. The predicted octanol–water partition coefficient (Wildman–Crippen LogP) is 4.02. The van der Waals surface area contributed by atoms with E-state index in [0.717, 1.165) is 37.9 Å². The summed E-state index contributed by atoms with van der Waals surface area (Å²) in [5.74, 6) is -0.430. The number of hydrogen-bond donors (Lipinski definition) is 0. The van der Waals surface area contributed by atoms with E-state index in [1.165, 1.54) is 16.9 Å². The van der Waals surface area contributed by atoms with Gasteiger partial charge in [0.05, 0.1) is 11.3 Å². The molecule has 138 valence electrons.